The van der Waals surface area contributed by atoms with Crippen LogP contribution in [0.25, 0.3) is 0 Å². The van der Waals surface area contributed by atoms with Crippen molar-refractivity contribution in [1.82, 2.24) is 4.90 Å². The van der Waals surface area contributed by atoms with E-state index in [1.807, 2.05) is 0 Å². The fourth-order valence-electron chi connectivity index (χ4n) is 7.80. The summed E-state index contributed by atoms with van der Waals surface area (Å²) >= 11 is 0. The third-order valence-electron chi connectivity index (χ3n) is 10.00. The van der Waals surface area contributed by atoms with E-state index in [0.717, 1.165) is 26.2 Å². The maximum Gasteiger partial charge on any atom is 0.0637 e. The van der Waals surface area contributed by atoms with Gasteiger partial charge in [-0.1, -0.05) is 135 Å². The fourth-order valence-corrected chi connectivity index (χ4v) is 13.3. The van der Waals surface area contributed by atoms with Gasteiger partial charge in [-0.15, -0.1) is 0 Å². The van der Waals surface area contributed by atoms with Gasteiger partial charge in [0.1, 0.15) is 0 Å². The molecule has 0 spiro atoms. The number of ether oxygens (including phenoxy) is 1. The first-order chi connectivity index (χ1) is 21.3. The van der Waals surface area contributed by atoms with Crippen LogP contribution in [0.4, 0.5) is 0 Å². The minimum Gasteiger partial charge on any atom is -0.376 e. The third-order valence-corrected chi connectivity index (χ3v) is 15.3. The molecule has 4 aromatic carbocycles. The van der Waals surface area contributed by atoms with E-state index < -0.39 is 15.8 Å². The summed E-state index contributed by atoms with van der Waals surface area (Å²) in [6.45, 7) is 8.62. The number of likely N-dealkylation sites (N-methyl/N-ethyl adjacent to an activating group) is 1. The molecule has 0 amide bonds. The van der Waals surface area contributed by atoms with Crippen LogP contribution in [0, 0.1) is 23.7 Å². The lowest BCUT2D eigenvalue weighted by Gasteiger charge is -2.36. The van der Waals surface area contributed by atoms with Gasteiger partial charge in [-0.25, -0.2) is 0 Å². The van der Waals surface area contributed by atoms with Crippen LogP contribution in [-0.2, 0) is 4.74 Å². The van der Waals surface area contributed by atoms with E-state index in [-0.39, 0.29) is 0 Å². The van der Waals surface area contributed by atoms with E-state index >= 15 is 0 Å². The summed E-state index contributed by atoms with van der Waals surface area (Å²) in [4.78, 5) is 2.50. The molecule has 2 aliphatic rings. The number of benzene rings is 4. The lowest BCUT2D eigenvalue weighted by atomic mass is 9.81. The Labute approximate surface area is 262 Å². The summed E-state index contributed by atoms with van der Waals surface area (Å²) in [5.74, 6) is 2.68. The van der Waals surface area contributed by atoms with Gasteiger partial charge in [0.05, 0.1) is 12.7 Å². The number of hydrogen-bond donors (Lipinski definition) is 0. The average Bonchev–Trinajstić information content (AvgIpc) is 3.60. The summed E-state index contributed by atoms with van der Waals surface area (Å²) in [7, 11) is -0.876. The maximum atomic E-state index is 6.94. The van der Waals surface area contributed by atoms with E-state index in [4.69, 9.17) is 4.74 Å². The number of nitrogens with zero attached hydrogens (tertiary/aromatic N) is 1. The quantitative estimate of drug-likeness (QED) is 0.140. The van der Waals surface area contributed by atoms with Crippen molar-refractivity contribution in [3.8, 4) is 0 Å². The molecule has 6 rings (SSSR count). The van der Waals surface area contributed by atoms with Gasteiger partial charge in [0.2, 0.25) is 0 Å². The van der Waals surface area contributed by atoms with Crippen molar-refractivity contribution in [2.75, 3.05) is 38.6 Å². The van der Waals surface area contributed by atoms with Crippen LogP contribution in [-0.4, -0.2) is 49.6 Å². The first-order valence-electron chi connectivity index (χ1n) is 16.4. The number of fused-ring (bicyclic) bond motifs is 2. The molecule has 0 aromatic heterocycles. The second kappa shape index (κ2) is 15.1. The second-order valence-electron chi connectivity index (χ2n) is 12.2. The topological polar surface area (TPSA) is 12.5 Å². The monoisotopic (exact) mass is 607 g/mol. The average molecular weight is 608 g/mol. The van der Waals surface area contributed by atoms with Crippen molar-refractivity contribution in [2.45, 2.75) is 32.8 Å². The SMILES string of the molecule is CCN(CC)CCOC1C2CCC1C(CP(c1ccccc1)c1ccccc1)C2CP(c1ccccc1)c1ccccc1. The molecule has 43 heavy (non-hydrogen) atoms. The Hall–Kier alpha value is -2.34. The lowest BCUT2D eigenvalue weighted by Crippen LogP contribution is -2.32. The Balaban J connectivity index is 1.33. The summed E-state index contributed by atoms with van der Waals surface area (Å²) in [5, 5.41) is 6.05. The molecule has 4 aromatic rings. The highest BCUT2D eigenvalue weighted by molar-refractivity contribution is 7.73. The molecule has 2 saturated carbocycles. The molecule has 0 radical (unpaired) electrons. The molecule has 0 heterocycles. The first-order valence-corrected chi connectivity index (χ1v) is 19.4. The van der Waals surface area contributed by atoms with E-state index in [0.29, 0.717) is 29.8 Å². The molecule has 2 bridgehead atoms. The van der Waals surface area contributed by atoms with Gasteiger partial charge >= 0.3 is 0 Å². The highest BCUT2D eigenvalue weighted by Crippen LogP contribution is 2.59. The first kappa shape index (κ1) is 30.7. The zero-order valence-electron chi connectivity index (χ0n) is 25.8. The predicted octanol–water partition coefficient (Wildman–Crippen LogP) is 7.25. The van der Waals surface area contributed by atoms with Crippen LogP contribution < -0.4 is 21.2 Å². The Morgan fingerprint density at radius 3 is 1.23 bits per heavy atom. The fraction of sp³-hybridized carbons (Fsp3) is 0.385. The van der Waals surface area contributed by atoms with Crippen molar-refractivity contribution in [3.05, 3.63) is 121 Å². The summed E-state index contributed by atoms with van der Waals surface area (Å²) in [5.41, 5.74) is 0. The van der Waals surface area contributed by atoms with Crippen molar-refractivity contribution < 1.29 is 4.74 Å². The normalized spacial score (nSPS) is 23.0. The molecule has 0 aliphatic heterocycles. The number of rotatable bonds is 14. The zero-order chi connectivity index (χ0) is 29.4. The largest absolute Gasteiger partial charge is 0.376 e. The van der Waals surface area contributed by atoms with Crippen LogP contribution in [0.3, 0.4) is 0 Å². The molecule has 2 fully saturated rings. The van der Waals surface area contributed by atoms with Gasteiger partial charge in [-0.2, -0.15) is 0 Å². The highest BCUT2D eigenvalue weighted by atomic mass is 31.1. The molecule has 0 saturated heterocycles. The molecule has 4 heteroatoms. The van der Waals surface area contributed by atoms with Gasteiger partial charge in [0.25, 0.3) is 0 Å². The van der Waals surface area contributed by atoms with E-state index in [9.17, 15) is 0 Å². The zero-order valence-corrected chi connectivity index (χ0v) is 27.6. The van der Waals surface area contributed by atoms with Crippen LogP contribution in [0.15, 0.2) is 121 Å². The third kappa shape index (κ3) is 7.16. The minimum absolute atomic E-state index is 0.400. The van der Waals surface area contributed by atoms with E-state index in [1.54, 1.807) is 0 Å². The van der Waals surface area contributed by atoms with Gasteiger partial charge in [-0.05, 0) is 99.0 Å². The Morgan fingerprint density at radius 2 is 0.907 bits per heavy atom. The lowest BCUT2D eigenvalue weighted by molar-refractivity contribution is 0.00741. The van der Waals surface area contributed by atoms with Crippen LogP contribution in [0.5, 0.6) is 0 Å². The predicted molar refractivity (Wildman–Crippen MR) is 189 cm³/mol. The van der Waals surface area contributed by atoms with Crippen LogP contribution >= 0.6 is 15.8 Å². The van der Waals surface area contributed by atoms with Gasteiger partial charge in [-0.3, -0.25) is 0 Å². The minimum atomic E-state index is -0.438. The van der Waals surface area contributed by atoms with Gasteiger partial charge in [0, 0.05) is 6.54 Å². The summed E-state index contributed by atoms with van der Waals surface area (Å²) in [6.07, 6.45) is 5.57. The van der Waals surface area contributed by atoms with E-state index in [1.165, 1.54) is 46.4 Å². The molecule has 0 N–H and O–H groups in total. The molecule has 4 atom stereocenters. The molecular formula is C39H47NOP2. The van der Waals surface area contributed by atoms with Crippen molar-refractivity contribution in [1.29, 1.82) is 0 Å². The summed E-state index contributed by atoms with van der Waals surface area (Å²) < 4.78 is 6.94. The van der Waals surface area contributed by atoms with Gasteiger partial charge in [0.15, 0.2) is 0 Å². The standard InChI is InChI=1S/C39H47NOP2/c1-3-40(4-2)27-28-41-39-35-25-26-36(39)38(30-43(33-21-13-7-14-22-33)34-23-15-8-16-24-34)37(35)29-42(31-17-9-5-10-18-31)32-19-11-6-12-20-32/h5-24,35-39H,3-4,25-30H2,1-2H3. The van der Waals surface area contributed by atoms with Crippen molar-refractivity contribution in [3.63, 3.8) is 0 Å². The molecule has 4 unspecified atom stereocenters. The Bertz CT molecular complexity index is 1190. The van der Waals surface area contributed by atoms with E-state index in [2.05, 4.69) is 140 Å². The summed E-state index contributed by atoms with van der Waals surface area (Å²) in [6, 6.07) is 45.5. The second-order valence-corrected chi connectivity index (χ2v) is 16.7. The molecule has 224 valence electrons. The van der Waals surface area contributed by atoms with Gasteiger partial charge < -0.3 is 9.64 Å². The highest BCUT2D eigenvalue weighted by Gasteiger charge is 2.55. The molecule has 2 aliphatic carbocycles. The maximum absolute atomic E-state index is 6.94. The van der Waals surface area contributed by atoms with Crippen LogP contribution in [0.2, 0.25) is 0 Å². The molecule has 2 nitrogen and oxygen atoms in total. The van der Waals surface area contributed by atoms with Crippen molar-refractivity contribution in [2.24, 2.45) is 23.7 Å². The number of hydrogen-bond acceptors (Lipinski definition) is 2. The van der Waals surface area contributed by atoms with Crippen LogP contribution in [0.1, 0.15) is 26.7 Å². The smallest absolute Gasteiger partial charge is 0.0637 e. The molecular weight excluding hydrogens is 560 g/mol. The van der Waals surface area contributed by atoms with Crippen molar-refractivity contribution >= 4 is 37.1 Å². The Kier molecular flexibility index (Phi) is 10.8. The Morgan fingerprint density at radius 1 is 0.558 bits per heavy atom.